The Hall–Kier alpha value is -8.02. The van der Waals surface area contributed by atoms with E-state index in [0.29, 0.717) is 0 Å². The average molecular weight is 959 g/mol. The molecular weight excluding hydrogens is 896 g/mol. The third-order valence-corrected chi connectivity index (χ3v) is 15.9. The molecule has 0 radical (unpaired) electrons. The van der Waals surface area contributed by atoms with Gasteiger partial charge in [0.1, 0.15) is 0 Å². The molecule has 0 amide bonds. The Kier molecular flexibility index (Phi) is 10.2. The van der Waals surface area contributed by atoms with Gasteiger partial charge >= 0.3 is 0 Å². The maximum atomic E-state index is 2.67. The minimum atomic E-state index is -0.137. The zero-order valence-electron chi connectivity index (χ0n) is 44.4. The van der Waals surface area contributed by atoms with Gasteiger partial charge in [0.05, 0.1) is 22.6 Å². The van der Waals surface area contributed by atoms with Crippen molar-refractivity contribution in [2.45, 2.75) is 85.5 Å². The lowest BCUT2D eigenvalue weighted by molar-refractivity contribution is 0.590. The Bertz CT molecular complexity index is 3810. The van der Waals surface area contributed by atoms with E-state index in [-0.39, 0.29) is 23.0 Å². The van der Waals surface area contributed by atoms with Crippen molar-refractivity contribution in [1.82, 2.24) is 4.57 Å². The lowest BCUT2D eigenvalue weighted by Gasteiger charge is -2.43. The van der Waals surface area contributed by atoms with Crippen LogP contribution in [0.15, 0.2) is 200 Å². The largest absolute Gasteiger partial charge is 0.320 e. The Morgan fingerprint density at radius 2 is 0.824 bits per heavy atom. The monoisotopic (exact) mass is 959 g/mol. The highest BCUT2D eigenvalue weighted by Gasteiger charge is 2.52. The van der Waals surface area contributed by atoms with E-state index in [2.05, 4.69) is 289 Å². The number of anilines is 9. The number of fused-ring (bicyclic) bond motifs is 4. The fourth-order valence-corrected chi connectivity index (χ4v) is 12.2. The van der Waals surface area contributed by atoms with Crippen molar-refractivity contribution in [3.8, 4) is 27.9 Å². The van der Waals surface area contributed by atoms with Crippen molar-refractivity contribution in [2.75, 3.05) is 14.7 Å². The summed E-state index contributed by atoms with van der Waals surface area (Å²) < 4.78 is 2.66. The first-order valence-electron chi connectivity index (χ1n) is 26.5. The van der Waals surface area contributed by atoms with Gasteiger partial charge < -0.3 is 19.3 Å². The highest BCUT2D eigenvalue weighted by atomic mass is 15.2. The number of aryl methyl sites for hydroxylation is 1. The summed E-state index contributed by atoms with van der Waals surface area (Å²) in [4.78, 5) is 7.73. The van der Waals surface area contributed by atoms with Crippen molar-refractivity contribution in [3.05, 3.63) is 222 Å². The van der Waals surface area contributed by atoms with Crippen molar-refractivity contribution in [1.29, 1.82) is 0 Å². The van der Waals surface area contributed by atoms with Gasteiger partial charge in [-0.05, 0) is 158 Å². The molecule has 0 N–H and O–H groups in total. The third kappa shape index (κ3) is 7.11. The van der Waals surface area contributed by atoms with Crippen LogP contribution in [0.2, 0.25) is 0 Å². The molecule has 1 aromatic heterocycles. The van der Waals surface area contributed by atoms with E-state index in [1.165, 1.54) is 112 Å². The molecule has 0 fully saturated rings. The number of nitrogens with zero attached hydrogens (tertiary/aromatic N) is 4. The third-order valence-electron chi connectivity index (χ3n) is 15.9. The fourth-order valence-electron chi connectivity index (χ4n) is 12.2. The van der Waals surface area contributed by atoms with Gasteiger partial charge in [-0.2, -0.15) is 0 Å². The number of hydrogen-bond donors (Lipinski definition) is 0. The van der Waals surface area contributed by atoms with E-state index < -0.39 is 0 Å². The van der Waals surface area contributed by atoms with Gasteiger partial charge in [-0.25, -0.2) is 0 Å². The van der Waals surface area contributed by atoms with Crippen LogP contribution in [0.4, 0.5) is 51.2 Å². The van der Waals surface area contributed by atoms with Crippen LogP contribution in [0.25, 0.3) is 38.8 Å². The standard InChI is InChI=1S/C69H63BN4/c1-44-37-59-63-60(38-44)73(57-35-32-48(68(5,6)7)40-54(57)46-25-17-12-18-26-46)65-55-43-52(71(50-27-19-13-20-28-50)51-29-21-14-22-30-51)33-36-58(55)74-62-42-49(69(8,9)10)41-61(64(62)70(63)66(65)74)72(59)56-34-31-47(67(2,3)4)39-53(56)45-23-15-11-16-24-45/h11-43H,1-10H3. The molecule has 0 atom stereocenters. The molecule has 0 unspecified atom stereocenters. The van der Waals surface area contributed by atoms with E-state index in [1.807, 2.05) is 0 Å². The molecule has 0 spiro atoms. The minimum Gasteiger partial charge on any atom is -0.320 e. The first-order chi connectivity index (χ1) is 35.5. The summed E-state index contributed by atoms with van der Waals surface area (Å²) in [5, 5.41) is 1.22. The van der Waals surface area contributed by atoms with Crippen LogP contribution in [0, 0.1) is 6.92 Å². The van der Waals surface area contributed by atoms with E-state index in [9.17, 15) is 0 Å². The molecule has 3 aliphatic rings. The molecule has 4 nitrogen and oxygen atoms in total. The Morgan fingerprint density at radius 3 is 1.34 bits per heavy atom. The summed E-state index contributed by atoms with van der Waals surface area (Å²) in [7, 11) is 0. The number of para-hydroxylation sites is 2. The summed E-state index contributed by atoms with van der Waals surface area (Å²) in [5.74, 6) is 0. The van der Waals surface area contributed by atoms with Gasteiger partial charge in [-0.3, -0.25) is 0 Å². The smallest absolute Gasteiger partial charge is 0.275 e. The van der Waals surface area contributed by atoms with Gasteiger partial charge in [0.15, 0.2) is 0 Å². The predicted molar refractivity (Wildman–Crippen MR) is 317 cm³/mol. The van der Waals surface area contributed by atoms with Crippen LogP contribution in [0.5, 0.6) is 0 Å². The number of aromatic nitrogens is 1. The van der Waals surface area contributed by atoms with Crippen molar-refractivity contribution in [3.63, 3.8) is 0 Å². The average Bonchev–Trinajstić information content (AvgIpc) is 3.93. The minimum absolute atomic E-state index is 0.0136. The lowest BCUT2D eigenvalue weighted by Crippen LogP contribution is -2.59. The van der Waals surface area contributed by atoms with Crippen LogP contribution in [-0.2, 0) is 16.2 Å². The molecule has 0 bridgehead atoms. The zero-order chi connectivity index (χ0) is 51.0. The summed E-state index contributed by atoms with van der Waals surface area (Å²) >= 11 is 0. The highest BCUT2D eigenvalue weighted by molar-refractivity contribution is 7.02. The predicted octanol–water partition coefficient (Wildman–Crippen LogP) is 17.0. The number of rotatable bonds is 7. The zero-order valence-corrected chi connectivity index (χ0v) is 44.4. The van der Waals surface area contributed by atoms with Crippen molar-refractivity contribution >= 4 is 85.3 Å². The van der Waals surface area contributed by atoms with Crippen LogP contribution in [0.1, 0.15) is 84.6 Å². The van der Waals surface area contributed by atoms with Crippen LogP contribution in [0.3, 0.4) is 0 Å². The van der Waals surface area contributed by atoms with Gasteiger partial charge in [0.2, 0.25) is 0 Å². The summed E-state index contributed by atoms with van der Waals surface area (Å²) in [6, 6.07) is 75.5. The number of hydrogen-bond acceptors (Lipinski definition) is 3. The van der Waals surface area contributed by atoms with E-state index in [1.54, 1.807) is 0 Å². The summed E-state index contributed by atoms with van der Waals surface area (Å²) in [5.41, 5.74) is 27.0. The van der Waals surface area contributed by atoms with Crippen LogP contribution in [-0.4, -0.2) is 11.3 Å². The molecule has 10 aromatic rings. The molecule has 0 saturated carbocycles. The first-order valence-corrected chi connectivity index (χ1v) is 26.5. The maximum absolute atomic E-state index is 2.67. The van der Waals surface area contributed by atoms with Gasteiger partial charge in [0.25, 0.3) is 6.71 Å². The molecule has 0 aliphatic carbocycles. The quantitative estimate of drug-likeness (QED) is 0.148. The first kappa shape index (κ1) is 45.8. The maximum Gasteiger partial charge on any atom is 0.275 e. The second kappa shape index (κ2) is 16.5. The highest BCUT2D eigenvalue weighted by Crippen LogP contribution is 2.54. The molecule has 4 heterocycles. The molecule has 3 aliphatic heterocycles. The lowest BCUT2D eigenvalue weighted by atomic mass is 9.36. The molecule has 9 aromatic carbocycles. The Labute approximate surface area is 438 Å². The summed E-state index contributed by atoms with van der Waals surface area (Å²) in [6.45, 7) is 23.3. The molecular formula is C69H63BN4. The molecule has 362 valence electrons. The Morgan fingerprint density at radius 1 is 0.378 bits per heavy atom. The topological polar surface area (TPSA) is 14.7 Å². The van der Waals surface area contributed by atoms with Crippen molar-refractivity contribution < 1.29 is 0 Å². The fraction of sp³-hybridized carbons (Fsp3) is 0.188. The second-order valence-corrected chi connectivity index (χ2v) is 24.0. The molecule has 74 heavy (non-hydrogen) atoms. The van der Waals surface area contributed by atoms with E-state index in [0.717, 1.165) is 17.1 Å². The molecule has 0 saturated heterocycles. The van der Waals surface area contributed by atoms with Gasteiger partial charge in [0, 0.05) is 61.9 Å². The normalized spacial score (nSPS) is 13.5. The Balaban J connectivity index is 1.19. The van der Waals surface area contributed by atoms with Crippen molar-refractivity contribution in [2.24, 2.45) is 0 Å². The van der Waals surface area contributed by atoms with Crippen LogP contribution >= 0.6 is 0 Å². The summed E-state index contributed by atoms with van der Waals surface area (Å²) in [6.07, 6.45) is 0. The van der Waals surface area contributed by atoms with Gasteiger partial charge in [-0.15, -0.1) is 0 Å². The van der Waals surface area contributed by atoms with E-state index in [4.69, 9.17) is 0 Å². The molecule has 5 heteroatoms. The second-order valence-electron chi connectivity index (χ2n) is 24.0. The molecule has 13 rings (SSSR count). The number of benzene rings is 9. The van der Waals surface area contributed by atoms with Gasteiger partial charge in [-0.1, -0.05) is 172 Å². The van der Waals surface area contributed by atoms with Crippen LogP contribution < -0.4 is 31.2 Å². The SMILES string of the molecule is Cc1cc2c3c(c1)N(c1ccc(C(C)(C)C)cc1-c1ccccc1)c1c4n(c5ccc(N(c6ccccc6)c6ccccc6)cc15)-c1cc(C(C)(C)C)cc(c1B34)N2c1ccc(C(C)(C)C)cc1-c1ccccc1. The van der Waals surface area contributed by atoms with E-state index >= 15 is 0 Å².